The summed E-state index contributed by atoms with van der Waals surface area (Å²) in [5.41, 5.74) is 0. The third-order valence-corrected chi connectivity index (χ3v) is 2.49. The topological polar surface area (TPSA) is 24.1 Å². The summed E-state index contributed by atoms with van der Waals surface area (Å²) in [6.45, 7) is 4.50. The summed E-state index contributed by atoms with van der Waals surface area (Å²) in [4.78, 5) is 0. The Bertz CT molecular complexity index is 107. The van der Waals surface area contributed by atoms with Gasteiger partial charge in [0.15, 0.2) is 0 Å². The molecule has 2 nitrogen and oxygen atoms in total. The molecule has 0 saturated carbocycles. The van der Waals surface area contributed by atoms with Crippen LogP contribution in [-0.2, 0) is 0 Å². The Kier molecular flexibility index (Phi) is 1.46. The van der Waals surface area contributed by atoms with Gasteiger partial charge in [-0.3, -0.25) is 0 Å². The van der Waals surface area contributed by atoms with Gasteiger partial charge in [0, 0.05) is 0 Å². The van der Waals surface area contributed by atoms with Gasteiger partial charge >= 0.3 is 0 Å². The van der Waals surface area contributed by atoms with Crippen molar-refractivity contribution in [3.05, 3.63) is 6.17 Å². The largest absolute Gasteiger partial charge is 0.451 e. The summed E-state index contributed by atoms with van der Waals surface area (Å²) in [5.74, 6) is 0.824. The van der Waals surface area contributed by atoms with E-state index in [1.807, 2.05) is 0 Å². The summed E-state index contributed by atoms with van der Waals surface area (Å²) in [5, 5.41) is 6.90. The summed E-state index contributed by atoms with van der Waals surface area (Å²) in [6.07, 6.45) is 4.05. The molecule has 0 radical (unpaired) electrons. The molecule has 2 atom stereocenters. The number of fused-ring (bicyclic) bond motifs is 1. The van der Waals surface area contributed by atoms with E-state index < -0.39 is 0 Å². The van der Waals surface area contributed by atoms with Gasteiger partial charge in [-0.2, -0.15) is 6.17 Å². The molecular weight excluding hydrogens is 124 g/mol. The summed E-state index contributed by atoms with van der Waals surface area (Å²) >= 11 is 0. The van der Waals surface area contributed by atoms with E-state index in [-0.39, 0.29) is 0 Å². The molecule has 10 heavy (non-hydrogen) atoms. The molecule has 0 aromatic rings. The normalized spacial score (nSPS) is 48.0. The Morgan fingerprint density at radius 3 is 2.00 bits per heavy atom. The van der Waals surface area contributed by atoms with Gasteiger partial charge in [0.2, 0.25) is 0 Å². The first-order chi connectivity index (χ1) is 4.75. The Morgan fingerprint density at radius 2 is 1.60 bits per heavy atom. The fourth-order valence-electron chi connectivity index (χ4n) is 2.11. The smallest absolute Gasteiger partial charge is 0.0244 e. The van der Waals surface area contributed by atoms with Crippen molar-refractivity contribution in [2.75, 3.05) is 0 Å². The molecule has 0 spiro atoms. The molecule has 0 aromatic carbocycles. The van der Waals surface area contributed by atoms with Crippen LogP contribution in [0.15, 0.2) is 0 Å². The Balaban J connectivity index is 2.00. The second-order valence-corrected chi connectivity index (χ2v) is 3.67. The van der Waals surface area contributed by atoms with Crippen LogP contribution in [0.2, 0.25) is 0 Å². The molecule has 2 rings (SSSR count). The molecule has 0 aromatic heterocycles. The van der Waals surface area contributed by atoms with Gasteiger partial charge in [0.25, 0.3) is 0 Å². The molecule has 2 N–H and O–H groups in total. The van der Waals surface area contributed by atoms with Crippen molar-refractivity contribution in [1.82, 2.24) is 10.6 Å². The highest BCUT2D eigenvalue weighted by Gasteiger charge is 2.26. The monoisotopic (exact) mass is 139 g/mol. The lowest BCUT2D eigenvalue weighted by Gasteiger charge is -2.26. The molecule has 2 heterocycles. The molecule has 0 amide bonds. The fourth-order valence-corrected chi connectivity index (χ4v) is 2.11. The number of rotatable bonds is 0. The minimum Gasteiger partial charge on any atom is -0.451 e. The maximum atomic E-state index is 3.45. The highest BCUT2D eigenvalue weighted by molar-refractivity contribution is 5.07. The maximum Gasteiger partial charge on any atom is -0.0244 e. The van der Waals surface area contributed by atoms with Crippen LogP contribution in [0.1, 0.15) is 26.7 Å². The predicted molar refractivity (Wildman–Crippen MR) is 41.2 cm³/mol. The van der Waals surface area contributed by atoms with Crippen LogP contribution in [0, 0.1) is 12.1 Å². The van der Waals surface area contributed by atoms with Crippen molar-refractivity contribution >= 4 is 0 Å². The zero-order valence-corrected chi connectivity index (χ0v) is 6.65. The van der Waals surface area contributed by atoms with Crippen LogP contribution >= 0.6 is 0 Å². The number of hydrogen-bond acceptors (Lipinski definition) is 2. The lowest BCUT2D eigenvalue weighted by atomic mass is 10.0. The Hall–Kier alpha value is -0.0800. The van der Waals surface area contributed by atoms with Crippen molar-refractivity contribution in [1.29, 1.82) is 0 Å². The van der Waals surface area contributed by atoms with E-state index in [4.69, 9.17) is 0 Å². The average molecular weight is 139 g/mol. The summed E-state index contributed by atoms with van der Waals surface area (Å²) < 4.78 is 0. The minimum absolute atomic E-state index is 0.694. The van der Waals surface area contributed by atoms with Gasteiger partial charge in [-0.05, 0) is 12.1 Å². The van der Waals surface area contributed by atoms with Gasteiger partial charge < -0.3 is 10.6 Å². The molecule has 2 fully saturated rings. The van der Waals surface area contributed by atoms with Crippen LogP contribution in [0.4, 0.5) is 0 Å². The van der Waals surface area contributed by atoms with Crippen LogP contribution in [0.3, 0.4) is 0 Å². The SMILES string of the molecule is CC1CC2CC(C)N[C-]2N1. The first-order valence-corrected chi connectivity index (χ1v) is 4.15. The minimum atomic E-state index is 0.694. The number of nitrogens with one attached hydrogen (secondary N) is 2. The van der Waals surface area contributed by atoms with Crippen molar-refractivity contribution in [3.63, 3.8) is 0 Å². The molecule has 2 unspecified atom stereocenters. The average Bonchev–Trinajstić information content (AvgIpc) is 2.21. The van der Waals surface area contributed by atoms with Gasteiger partial charge in [0.05, 0.1) is 0 Å². The predicted octanol–water partition coefficient (Wildman–Crippen LogP) is 0.856. The van der Waals surface area contributed by atoms with Crippen LogP contribution in [0.5, 0.6) is 0 Å². The first-order valence-electron chi connectivity index (χ1n) is 4.15. The van der Waals surface area contributed by atoms with Crippen molar-refractivity contribution in [2.45, 2.75) is 38.8 Å². The molecule has 0 bridgehead atoms. The van der Waals surface area contributed by atoms with E-state index in [9.17, 15) is 0 Å². The second kappa shape index (κ2) is 2.21. The fraction of sp³-hybridized carbons (Fsp3) is 0.875. The Morgan fingerprint density at radius 1 is 1.10 bits per heavy atom. The highest BCUT2D eigenvalue weighted by atomic mass is 15.2. The Labute approximate surface area is 62.4 Å². The molecule has 2 aliphatic rings. The van der Waals surface area contributed by atoms with Crippen molar-refractivity contribution < 1.29 is 0 Å². The molecule has 2 saturated heterocycles. The third-order valence-electron chi connectivity index (χ3n) is 2.49. The van der Waals surface area contributed by atoms with Gasteiger partial charge in [-0.15, -0.1) is 5.92 Å². The standard InChI is InChI=1S/C8H15N2/c1-5-3-7-4-6(2)10-8(7)9-5/h5-7,9-10H,3-4H2,1-2H3/q-1. The van der Waals surface area contributed by atoms with Crippen LogP contribution < -0.4 is 10.6 Å². The maximum absolute atomic E-state index is 3.45. The van der Waals surface area contributed by atoms with E-state index in [1.165, 1.54) is 19.0 Å². The molecule has 58 valence electrons. The molecule has 0 aliphatic carbocycles. The highest BCUT2D eigenvalue weighted by Crippen LogP contribution is 2.33. The van der Waals surface area contributed by atoms with E-state index >= 15 is 0 Å². The summed E-state index contributed by atoms with van der Waals surface area (Å²) in [7, 11) is 0. The first kappa shape index (κ1) is 6.62. The summed E-state index contributed by atoms with van der Waals surface area (Å²) in [6, 6.07) is 1.39. The van der Waals surface area contributed by atoms with Crippen LogP contribution in [0.25, 0.3) is 0 Å². The molecular formula is C8H15N2-. The van der Waals surface area contributed by atoms with Gasteiger partial charge in [0.1, 0.15) is 0 Å². The van der Waals surface area contributed by atoms with Crippen LogP contribution in [-0.4, -0.2) is 12.1 Å². The lowest BCUT2D eigenvalue weighted by Crippen LogP contribution is -2.33. The third kappa shape index (κ3) is 0.956. The molecule has 2 aliphatic heterocycles. The molecule has 2 heteroatoms. The number of hydrogen-bond donors (Lipinski definition) is 2. The van der Waals surface area contributed by atoms with E-state index in [0.717, 1.165) is 5.92 Å². The quantitative estimate of drug-likeness (QED) is 0.486. The zero-order valence-electron chi connectivity index (χ0n) is 6.65. The van der Waals surface area contributed by atoms with Crippen molar-refractivity contribution in [2.24, 2.45) is 5.92 Å². The van der Waals surface area contributed by atoms with E-state index in [0.29, 0.717) is 12.1 Å². The van der Waals surface area contributed by atoms with Gasteiger partial charge in [-0.25, -0.2) is 0 Å². The van der Waals surface area contributed by atoms with E-state index in [1.54, 1.807) is 0 Å². The zero-order chi connectivity index (χ0) is 7.14. The van der Waals surface area contributed by atoms with Crippen molar-refractivity contribution in [3.8, 4) is 0 Å². The lowest BCUT2D eigenvalue weighted by molar-refractivity contribution is 0.529. The van der Waals surface area contributed by atoms with E-state index in [2.05, 4.69) is 24.5 Å². The van der Waals surface area contributed by atoms with Gasteiger partial charge in [-0.1, -0.05) is 26.7 Å². The second-order valence-electron chi connectivity index (χ2n) is 3.67.